The summed E-state index contributed by atoms with van der Waals surface area (Å²) in [5, 5.41) is 9.52. The van der Waals surface area contributed by atoms with E-state index in [0.29, 0.717) is 0 Å². The molecule has 1 heterocycles. The second-order valence-electron chi connectivity index (χ2n) is 7.09. The lowest BCUT2D eigenvalue weighted by molar-refractivity contribution is 0.741. The van der Waals surface area contributed by atoms with Crippen LogP contribution < -0.4 is 5.01 Å². The lowest BCUT2D eigenvalue weighted by Crippen LogP contribution is -2.17. The highest BCUT2D eigenvalue weighted by molar-refractivity contribution is 6.09. The first-order valence-corrected chi connectivity index (χ1v) is 10.2. The number of rotatable bonds is 7. The van der Waals surface area contributed by atoms with E-state index < -0.39 is 0 Å². The van der Waals surface area contributed by atoms with Gasteiger partial charge in [0.15, 0.2) is 0 Å². The van der Waals surface area contributed by atoms with E-state index in [9.17, 15) is 0 Å². The van der Waals surface area contributed by atoms with Crippen molar-refractivity contribution in [1.29, 1.82) is 0 Å². The molecular weight excluding hydrogens is 342 g/mol. The van der Waals surface area contributed by atoms with Crippen molar-refractivity contribution in [3.63, 3.8) is 0 Å². The molecule has 0 aliphatic carbocycles. The van der Waals surface area contributed by atoms with Crippen LogP contribution in [-0.4, -0.2) is 17.3 Å². The van der Waals surface area contributed by atoms with E-state index in [1.54, 1.807) is 0 Å². The lowest BCUT2D eigenvalue weighted by atomic mass is 10.1. The Labute approximate surface area is 166 Å². The molecule has 0 fully saturated rings. The van der Waals surface area contributed by atoms with Crippen LogP contribution in [0.15, 0.2) is 77.9 Å². The molecule has 3 nitrogen and oxygen atoms in total. The molecule has 0 spiro atoms. The van der Waals surface area contributed by atoms with Crippen LogP contribution in [0.5, 0.6) is 0 Å². The number of nitrogens with zero attached hydrogens (tertiary/aromatic N) is 3. The third kappa shape index (κ3) is 3.53. The van der Waals surface area contributed by atoms with Gasteiger partial charge >= 0.3 is 0 Å². The highest BCUT2D eigenvalue weighted by atomic mass is 15.4. The van der Waals surface area contributed by atoms with Crippen LogP contribution in [0.25, 0.3) is 21.8 Å². The van der Waals surface area contributed by atoms with Crippen molar-refractivity contribution in [3.8, 4) is 0 Å². The molecule has 0 saturated heterocycles. The second kappa shape index (κ2) is 8.30. The van der Waals surface area contributed by atoms with Gasteiger partial charge in [-0.3, -0.25) is 5.01 Å². The largest absolute Gasteiger partial charge is 0.341 e. The zero-order chi connectivity index (χ0) is 19.3. The smallest absolute Gasteiger partial charge is 0.0593 e. The minimum atomic E-state index is 0.925. The number of unbranched alkanes of at least 4 members (excludes halogenated alkanes) is 1. The summed E-state index contributed by atoms with van der Waals surface area (Å²) in [6.45, 7) is 6.31. The number of aryl methyl sites for hydroxylation is 1. The summed E-state index contributed by atoms with van der Waals surface area (Å²) < 4.78 is 2.38. The standard InChI is InChI=1S/C25H27N3/c1-3-5-17-28(21-11-7-6-8-12-21)26-19-20-15-16-25-23(18-20)22-13-9-10-14-24(22)27(25)4-2/h6-16,18-19H,3-5,17H2,1-2H3/b26-19+. The molecule has 1 aromatic heterocycles. The molecule has 0 unspecified atom stereocenters. The van der Waals surface area contributed by atoms with Gasteiger partial charge in [0.05, 0.1) is 11.9 Å². The summed E-state index contributed by atoms with van der Waals surface area (Å²) in [6.07, 6.45) is 4.26. The maximum absolute atomic E-state index is 4.82. The summed E-state index contributed by atoms with van der Waals surface area (Å²) >= 11 is 0. The van der Waals surface area contributed by atoms with E-state index >= 15 is 0 Å². The van der Waals surface area contributed by atoms with Crippen molar-refractivity contribution < 1.29 is 0 Å². The maximum atomic E-state index is 4.82. The molecule has 28 heavy (non-hydrogen) atoms. The zero-order valence-corrected chi connectivity index (χ0v) is 16.7. The second-order valence-corrected chi connectivity index (χ2v) is 7.09. The molecule has 0 bridgehead atoms. The summed E-state index contributed by atoms with van der Waals surface area (Å²) in [6, 6.07) is 25.7. The Kier molecular flexibility index (Phi) is 5.43. The van der Waals surface area contributed by atoms with Gasteiger partial charge in [0, 0.05) is 34.9 Å². The maximum Gasteiger partial charge on any atom is 0.0593 e. The third-order valence-electron chi connectivity index (χ3n) is 5.24. The average Bonchev–Trinajstić information content (AvgIpc) is 3.07. The quantitative estimate of drug-likeness (QED) is 0.271. The molecule has 0 amide bonds. The van der Waals surface area contributed by atoms with E-state index in [4.69, 9.17) is 5.10 Å². The fourth-order valence-corrected chi connectivity index (χ4v) is 3.79. The van der Waals surface area contributed by atoms with Crippen molar-refractivity contribution in [1.82, 2.24) is 4.57 Å². The van der Waals surface area contributed by atoms with Gasteiger partial charge in [0.25, 0.3) is 0 Å². The summed E-state index contributed by atoms with van der Waals surface area (Å²) in [5.74, 6) is 0. The van der Waals surface area contributed by atoms with Crippen LogP contribution in [-0.2, 0) is 6.54 Å². The molecule has 3 heteroatoms. The molecule has 0 aliphatic heterocycles. The molecule has 0 N–H and O–H groups in total. The van der Waals surface area contributed by atoms with E-state index in [0.717, 1.165) is 37.2 Å². The van der Waals surface area contributed by atoms with Gasteiger partial charge in [0.1, 0.15) is 0 Å². The minimum Gasteiger partial charge on any atom is -0.341 e. The van der Waals surface area contributed by atoms with Crippen molar-refractivity contribution in [2.75, 3.05) is 11.6 Å². The molecule has 4 rings (SSSR count). The molecule has 142 valence electrons. The van der Waals surface area contributed by atoms with Crippen LogP contribution in [0.1, 0.15) is 32.3 Å². The third-order valence-corrected chi connectivity index (χ3v) is 5.24. The van der Waals surface area contributed by atoms with Crippen molar-refractivity contribution in [3.05, 3.63) is 78.4 Å². The number of fused-ring (bicyclic) bond motifs is 3. The molecular formula is C25H27N3. The number of anilines is 1. The lowest BCUT2D eigenvalue weighted by Gasteiger charge is -2.18. The van der Waals surface area contributed by atoms with E-state index in [2.05, 4.69) is 90.2 Å². The first-order chi connectivity index (χ1) is 13.8. The summed E-state index contributed by atoms with van der Waals surface area (Å²) in [5.41, 5.74) is 4.84. The van der Waals surface area contributed by atoms with E-state index in [1.807, 2.05) is 12.3 Å². The van der Waals surface area contributed by atoms with Crippen LogP contribution in [0.3, 0.4) is 0 Å². The van der Waals surface area contributed by atoms with Gasteiger partial charge in [-0.15, -0.1) is 0 Å². The van der Waals surface area contributed by atoms with Gasteiger partial charge in [0.2, 0.25) is 0 Å². The van der Waals surface area contributed by atoms with Gasteiger partial charge < -0.3 is 4.57 Å². The minimum absolute atomic E-state index is 0.925. The van der Waals surface area contributed by atoms with Crippen LogP contribution in [0, 0.1) is 0 Å². The SMILES string of the molecule is CCCCN(/N=C/c1ccc2c(c1)c1ccccc1n2CC)c1ccccc1. The molecule has 4 aromatic rings. The molecule has 0 atom stereocenters. The van der Waals surface area contributed by atoms with Gasteiger partial charge in [-0.2, -0.15) is 5.10 Å². The van der Waals surface area contributed by atoms with Gasteiger partial charge in [-0.05, 0) is 49.2 Å². The Hall–Kier alpha value is -3.07. The number of hydrogen-bond donors (Lipinski definition) is 0. The fraction of sp³-hybridized carbons (Fsp3) is 0.240. The Morgan fingerprint density at radius 2 is 1.61 bits per heavy atom. The zero-order valence-electron chi connectivity index (χ0n) is 16.7. The first kappa shape index (κ1) is 18.3. The predicted molar refractivity (Wildman–Crippen MR) is 121 cm³/mol. The topological polar surface area (TPSA) is 20.5 Å². The Bertz CT molecular complexity index is 1090. The Morgan fingerprint density at radius 3 is 2.39 bits per heavy atom. The predicted octanol–water partition coefficient (Wildman–Crippen LogP) is 6.46. The van der Waals surface area contributed by atoms with E-state index in [1.165, 1.54) is 21.8 Å². The van der Waals surface area contributed by atoms with Gasteiger partial charge in [-0.25, -0.2) is 0 Å². The number of benzene rings is 3. The van der Waals surface area contributed by atoms with Crippen LogP contribution >= 0.6 is 0 Å². The average molecular weight is 370 g/mol. The Balaban J connectivity index is 1.71. The fourth-order valence-electron chi connectivity index (χ4n) is 3.79. The number of para-hydroxylation sites is 2. The van der Waals surface area contributed by atoms with Crippen molar-refractivity contribution >= 4 is 33.7 Å². The summed E-state index contributed by atoms with van der Waals surface area (Å²) in [7, 11) is 0. The number of aromatic nitrogens is 1. The van der Waals surface area contributed by atoms with Crippen LogP contribution in [0.4, 0.5) is 5.69 Å². The highest BCUT2D eigenvalue weighted by Gasteiger charge is 2.09. The summed E-state index contributed by atoms with van der Waals surface area (Å²) in [4.78, 5) is 0. The van der Waals surface area contributed by atoms with E-state index in [-0.39, 0.29) is 0 Å². The molecule has 0 radical (unpaired) electrons. The molecule has 3 aromatic carbocycles. The molecule has 0 aliphatic rings. The highest BCUT2D eigenvalue weighted by Crippen LogP contribution is 2.29. The molecule has 0 saturated carbocycles. The number of hydrogen-bond acceptors (Lipinski definition) is 2. The van der Waals surface area contributed by atoms with Crippen LogP contribution in [0.2, 0.25) is 0 Å². The normalized spacial score (nSPS) is 11.6. The van der Waals surface area contributed by atoms with Crippen molar-refractivity contribution in [2.24, 2.45) is 5.10 Å². The first-order valence-electron chi connectivity index (χ1n) is 10.2. The van der Waals surface area contributed by atoms with Crippen molar-refractivity contribution in [2.45, 2.75) is 33.2 Å². The monoisotopic (exact) mass is 369 g/mol. The number of hydrazone groups is 1. The Morgan fingerprint density at radius 1 is 0.857 bits per heavy atom. The van der Waals surface area contributed by atoms with Gasteiger partial charge in [-0.1, -0.05) is 55.8 Å².